The van der Waals surface area contributed by atoms with Crippen LogP contribution in [0.1, 0.15) is 10.4 Å². The molecule has 0 radical (unpaired) electrons. The van der Waals surface area contributed by atoms with E-state index < -0.39 is 21.9 Å². The first-order valence-electron chi connectivity index (χ1n) is 6.25. The zero-order chi connectivity index (χ0) is 17.3. The van der Waals surface area contributed by atoms with Gasteiger partial charge >= 0.3 is 6.36 Å². The Balaban J connectivity index is 2.63. The van der Waals surface area contributed by atoms with Crippen LogP contribution in [0.15, 0.2) is 47.4 Å². The molecule has 0 aromatic heterocycles. The molecular formula is C15H11F3O4S. The van der Waals surface area contributed by atoms with Gasteiger partial charge in [-0.3, -0.25) is 4.79 Å². The Kier molecular flexibility index (Phi) is 4.46. The number of aldehydes is 1. The van der Waals surface area contributed by atoms with Crippen molar-refractivity contribution in [1.82, 2.24) is 0 Å². The molecule has 0 atom stereocenters. The first-order chi connectivity index (χ1) is 10.6. The van der Waals surface area contributed by atoms with E-state index in [1.165, 1.54) is 36.4 Å². The highest BCUT2D eigenvalue weighted by atomic mass is 32.2. The van der Waals surface area contributed by atoms with Gasteiger partial charge in [0.15, 0.2) is 9.84 Å². The van der Waals surface area contributed by atoms with E-state index in [0.717, 1.165) is 12.3 Å². The molecule has 0 aliphatic rings. The van der Waals surface area contributed by atoms with Crippen LogP contribution in [-0.4, -0.2) is 27.3 Å². The third-order valence-corrected chi connectivity index (χ3v) is 4.05. The summed E-state index contributed by atoms with van der Waals surface area (Å²) in [4.78, 5) is 10.8. The minimum Gasteiger partial charge on any atom is -0.405 e. The van der Waals surface area contributed by atoms with Gasteiger partial charge in [0.05, 0.1) is 4.90 Å². The van der Waals surface area contributed by atoms with Crippen molar-refractivity contribution in [1.29, 1.82) is 0 Å². The number of hydrogen-bond acceptors (Lipinski definition) is 4. The lowest BCUT2D eigenvalue weighted by Gasteiger charge is -2.14. The van der Waals surface area contributed by atoms with E-state index in [-0.39, 0.29) is 21.6 Å². The molecule has 0 N–H and O–H groups in total. The maximum atomic E-state index is 12.5. The Morgan fingerprint density at radius 1 is 1.09 bits per heavy atom. The highest BCUT2D eigenvalue weighted by Crippen LogP contribution is 2.35. The van der Waals surface area contributed by atoms with Crippen LogP contribution in [0.3, 0.4) is 0 Å². The van der Waals surface area contributed by atoms with Crippen molar-refractivity contribution < 1.29 is 31.1 Å². The van der Waals surface area contributed by atoms with Gasteiger partial charge in [-0.05, 0) is 35.9 Å². The number of hydrogen-bond donors (Lipinski definition) is 0. The van der Waals surface area contributed by atoms with Crippen molar-refractivity contribution in [3.8, 4) is 16.9 Å². The van der Waals surface area contributed by atoms with E-state index in [0.29, 0.717) is 6.29 Å². The molecular weight excluding hydrogens is 333 g/mol. The van der Waals surface area contributed by atoms with Crippen LogP contribution in [-0.2, 0) is 9.84 Å². The molecule has 0 aliphatic heterocycles. The van der Waals surface area contributed by atoms with Gasteiger partial charge in [0, 0.05) is 17.4 Å². The Labute approximate surface area is 130 Å². The summed E-state index contributed by atoms with van der Waals surface area (Å²) in [7, 11) is -3.53. The van der Waals surface area contributed by atoms with Crippen molar-refractivity contribution in [2.45, 2.75) is 11.3 Å². The van der Waals surface area contributed by atoms with Gasteiger partial charge in [-0.1, -0.05) is 12.1 Å². The van der Waals surface area contributed by atoms with E-state index in [4.69, 9.17) is 0 Å². The Bertz CT molecular complexity index is 842. The SMILES string of the molecule is CS(=O)(=O)c1cccc(-c2cc(C=O)ccc2OC(F)(F)F)c1. The van der Waals surface area contributed by atoms with Crippen molar-refractivity contribution in [3.63, 3.8) is 0 Å². The minimum atomic E-state index is -4.91. The van der Waals surface area contributed by atoms with Crippen molar-refractivity contribution in [3.05, 3.63) is 48.0 Å². The second-order valence-electron chi connectivity index (χ2n) is 4.72. The van der Waals surface area contributed by atoms with Crippen LogP contribution in [0, 0.1) is 0 Å². The van der Waals surface area contributed by atoms with E-state index >= 15 is 0 Å². The predicted octanol–water partition coefficient (Wildman–Crippen LogP) is 3.47. The summed E-state index contributed by atoms with van der Waals surface area (Å²) < 4.78 is 64.6. The molecule has 122 valence electrons. The second-order valence-corrected chi connectivity index (χ2v) is 6.74. The Morgan fingerprint density at radius 3 is 2.35 bits per heavy atom. The number of halogens is 3. The molecule has 4 nitrogen and oxygen atoms in total. The van der Waals surface area contributed by atoms with Gasteiger partial charge in [-0.15, -0.1) is 13.2 Å². The quantitative estimate of drug-likeness (QED) is 0.797. The topological polar surface area (TPSA) is 60.4 Å². The average molecular weight is 344 g/mol. The lowest BCUT2D eigenvalue weighted by atomic mass is 10.0. The van der Waals surface area contributed by atoms with Crippen LogP contribution in [0.4, 0.5) is 13.2 Å². The van der Waals surface area contributed by atoms with Gasteiger partial charge in [0.2, 0.25) is 0 Å². The summed E-state index contributed by atoms with van der Waals surface area (Å²) in [6.07, 6.45) is -3.45. The zero-order valence-corrected chi connectivity index (χ0v) is 12.6. The summed E-state index contributed by atoms with van der Waals surface area (Å²) in [5.41, 5.74) is 0.299. The van der Waals surface area contributed by atoms with Gasteiger partial charge in [0.25, 0.3) is 0 Å². The molecule has 0 saturated heterocycles. The summed E-state index contributed by atoms with van der Waals surface area (Å²) in [6, 6.07) is 8.78. The number of alkyl halides is 3. The number of carbonyl (C=O) groups excluding carboxylic acids is 1. The van der Waals surface area contributed by atoms with Gasteiger partial charge in [-0.2, -0.15) is 0 Å². The lowest BCUT2D eigenvalue weighted by Crippen LogP contribution is -2.17. The molecule has 2 rings (SSSR count). The summed E-state index contributed by atoms with van der Waals surface area (Å²) >= 11 is 0. The van der Waals surface area contributed by atoms with Crippen LogP contribution >= 0.6 is 0 Å². The van der Waals surface area contributed by atoms with E-state index in [1.54, 1.807) is 0 Å². The fourth-order valence-corrected chi connectivity index (χ4v) is 2.62. The smallest absolute Gasteiger partial charge is 0.405 e. The highest BCUT2D eigenvalue weighted by molar-refractivity contribution is 7.90. The maximum Gasteiger partial charge on any atom is 0.573 e. The van der Waals surface area contributed by atoms with Crippen LogP contribution in [0.25, 0.3) is 11.1 Å². The molecule has 0 unspecified atom stereocenters. The molecule has 0 bridgehead atoms. The van der Waals surface area contributed by atoms with Gasteiger partial charge in [0.1, 0.15) is 12.0 Å². The van der Waals surface area contributed by atoms with Crippen LogP contribution < -0.4 is 4.74 Å². The largest absolute Gasteiger partial charge is 0.573 e. The first-order valence-corrected chi connectivity index (χ1v) is 8.15. The van der Waals surface area contributed by atoms with Gasteiger partial charge < -0.3 is 4.74 Å². The fraction of sp³-hybridized carbons (Fsp3) is 0.133. The number of ether oxygens (including phenoxy) is 1. The molecule has 0 saturated carbocycles. The minimum absolute atomic E-state index is 0.0302. The molecule has 0 heterocycles. The van der Waals surface area contributed by atoms with E-state index in [9.17, 15) is 26.4 Å². The van der Waals surface area contributed by atoms with E-state index in [1.807, 2.05) is 0 Å². The second kappa shape index (κ2) is 6.04. The highest BCUT2D eigenvalue weighted by Gasteiger charge is 2.32. The van der Waals surface area contributed by atoms with Crippen LogP contribution in [0.5, 0.6) is 5.75 Å². The van der Waals surface area contributed by atoms with Crippen molar-refractivity contribution >= 4 is 16.1 Å². The standard InChI is InChI=1S/C15H11F3O4S/c1-23(20,21)12-4-2-3-11(8-12)13-7-10(9-19)5-6-14(13)22-15(16,17)18/h2-9H,1H3. The Morgan fingerprint density at radius 2 is 1.78 bits per heavy atom. The molecule has 23 heavy (non-hydrogen) atoms. The summed E-state index contributed by atoms with van der Waals surface area (Å²) in [6.45, 7) is 0. The number of sulfone groups is 1. The van der Waals surface area contributed by atoms with Crippen molar-refractivity contribution in [2.75, 3.05) is 6.26 Å². The molecule has 0 amide bonds. The zero-order valence-electron chi connectivity index (χ0n) is 11.8. The lowest BCUT2D eigenvalue weighted by molar-refractivity contribution is -0.274. The first kappa shape index (κ1) is 17.0. The molecule has 2 aromatic rings. The normalized spacial score (nSPS) is 12.0. The number of rotatable bonds is 4. The summed E-state index contributed by atoms with van der Waals surface area (Å²) in [5, 5.41) is 0. The molecule has 0 aliphatic carbocycles. The fourth-order valence-electron chi connectivity index (χ4n) is 1.95. The van der Waals surface area contributed by atoms with Crippen LogP contribution in [0.2, 0.25) is 0 Å². The van der Waals surface area contributed by atoms with Gasteiger partial charge in [-0.25, -0.2) is 8.42 Å². The predicted molar refractivity (Wildman–Crippen MR) is 77.1 cm³/mol. The maximum absolute atomic E-state index is 12.5. The molecule has 2 aromatic carbocycles. The third-order valence-electron chi connectivity index (χ3n) is 2.94. The van der Waals surface area contributed by atoms with Crippen molar-refractivity contribution in [2.24, 2.45) is 0 Å². The monoisotopic (exact) mass is 344 g/mol. The molecule has 0 fully saturated rings. The van der Waals surface area contributed by atoms with E-state index in [2.05, 4.69) is 4.74 Å². The molecule has 0 spiro atoms. The number of benzene rings is 2. The number of carbonyl (C=O) groups is 1. The molecule has 8 heteroatoms. The third kappa shape index (κ3) is 4.32. The summed E-state index contributed by atoms with van der Waals surface area (Å²) in [5.74, 6) is -0.520. The Hall–Kier alpha value is -2.35. The average Bonchev–Trinajstić information content (AvgIpc) is 2.45.